The number of H-pyrrole nitrogens is 1. The van der Waals surface area contributed by atoms with E-state index in [1.807, 2.05) is 0 Å². The van der Waals surface area contributed by atoms with Crippen molar-refractivity contribution >= 4 is 24.4 Å². The van der Waals surface area contributed by atoms with Crippen LogP contribution >= 0.6 is 19.8 Å². The molecule has 1 saturated heterocycles. The van der Waals surface area contributed by atoms with Crippen LogP contribution < -0.4 is 11.2 Å². The molecule has 11 nitrogen and oxygen atoms in total. The van der Waals surface area contributed by atoms with E-state index in [0.717, 1.165) is 4.57 Å². The standard InChI is InChI=1S/C15H23N2O9PS/c1-8-7-17(15(19)16-13(8)18)14-12(25-5-4-23-2)11(24-3)9(26-14)6-10(28)27(20,21)22/h7,9,11-12,14H,4-6H2,1-3H3,(H,16,18,19)(H2,20,21,22)/t9-,11-,12-,14-/m1/s1. The SMILES string of the molecule is COCCO[C@@H]1[C@H](OC)[C@@H](CC(=S)P(=O)(O)O)O[C@H]1n1cc(C)c(=O)[nH]c1=O. The molecule has 13 heteroatoms. The van der Waals surface area contributed by atoms with Gasteiger partial charge >= 0.3 is 13.3 Å². The maximum Gasteiger partial charge on any atom is 0.362 e. The van der Waals surface area contributed by atoms with Crippen molar-refractivity contribution in [1.82, 2.24) is 9.55 Å². The van der Waals surface area contributed by atoms with Crippen molar-refractivity contribution in [1.29, 1.82) is 0 Å². The number of methoxy groups -OCH3 is 2. The first-order valence-electron chi connectivity index (χ1n) is 8.30. The summed E-state index contributed by atoms with van der Waals surface area (Å²) < 4.78 is 34.1. The molecular formula is C15H23N2O9PS. The largest absolute Gasteiger partial charge is 0.382 e. The third-order valence-electron chi connectivity index (χ3n) is 4.28. The summed E-state index contributed by atoms with van der Waals surface area (Å²) >= 11 is 4.82. The Balaban J connectivity index is 2.39. The normalized spacial score (nSPS) is 25.2. The number of aryl methyl sites for hydroxylation is 1. The monoisotopic (exact) mass is 438 g/mol. The molecule has 0 bridgehead atoms. The maximum absolute atomic E-state index is 12.3. The average molecular weight is 438 g/mol. The molecule has 0 aliphatic carbocycles. The van der Waals surface area contributed by atoms with E-state index < -0.39 is 48.0 Å². The Labute approximate surface area is 165 Å². The zero-order valence-corrected chi connectivity index (χ0v) is 17.3. The number of hydrogen-bond acceptors (Lipinski definition) is 8. The third kappa shape index (κ3) is 5.22. The highest BCUT2D eigenvalue weighted by Crippen LogP contribution is 2.42. The molecule has 3 N–H and O–H groups in total. The summed E-state index contributed by atoms with van der Waals surface area (Å²) in [4.78, 5) is 44.7. The van der Waals surface area contributed by atoms with Gasteiger partial charge in [0.2, 0.25) is 0 Å². The molecule has 1 aromatic heterocycles. The molecule has 0 amide bonds. The quantitative estimate of drug-likeness (QED) is 0.266. The second-order valence-electron chi connectivity index (χ2n) is 6.21. The zero-order chi connectivity index (χ0) is 21.1. The Hall–Kier alpha value is -1.24. The van der Waals surface area contributed by atoms with Crippen LogP contribution in [0.25, 0.3) is 0 Å². The van der Waals surface area contributed by atoms with Gasteiger partial charge in [0.05, 0.1) is 19.3 Å². The molecule has 4 atom stereocenters. The van der Waals surface area contributed by atoms with Crippen LogP contribution in [0.3, 0.4) is 0 Å². The van der Waals surface area contributed by atoms with Gasteiger partial charge in [-0.05, 0) is 6.92 Å². The highest BCUT2D eigenvalue weighted by molar-refractivity contribution is 7.97. The molecule has 0 saturated carbocycles. The van der Waals surface area contributed by atoms with E-state index in [4.69, 9.17) is 31.2 Å². The number of aromatic nitrogens is 2. The van der Waals surface area contributed by atoms with Crippen LogP contribution in [0.4, 0.5) is 0 Å². The van der Waals surface area contributed by atoms with E-state index in [9.17, 15) is 23.9 Å². The number of ether oxygens (including phenoxy) is 4. The average Bonchev–Trinajstić information content (AvgIpc) is 2.94. The fraction of sp³-hybridized carbons (Fsp3) is 0.667. The van der Waals surface area contributed by atoms with Gasteiger partial charge in [-0.2, -0.15) is 0 Å². The first-order chi connectivity index (χ1) is 13.1. The minimum Gasteiger partial charge on any atom is -0.382 e. The fourth-order valence-corrected chi connectivity index (χ4v) is 3.47. The van der Waals surface area contributed by atoms with Crippen molar-refractivity contribution < 1.29 is 33.3 Å². The summed E-state index contributed by atoms with van der Waals surface area (Å²) in [6.07, 6.45) is -2.40. The van der Waals surface area contributed by atoms with E-state index in [-0.39, 0.29) is 25.2 Å². The summed E-state index contributed by atoms with van der Waals surface area (Å²) in [5.74, 6) is 0. The minimum atomic E-state index is -4.59. The van der Waals surface area contributed by atoms with E-state index in [2.05, 4.69) is 4.98 Å². The predicted octanol–water partition coefficient (Wildman–Crippen LogP) is -0.316. The number of hydrogen-bond donors (Lipinski definition) is 3. The van der Waals surface area contributed by atoms with Crippen molar-refractivity contribution in [2.45, 2.75) is 37.9 Å². The lowest BCUT2D eigenvalue weighted by Crippen LogP contribution is -2.41. The van der Waals surface area contributed by atoms with Crippen LogP contribution in [0, 0.1) is 6.92 Å². The third-order valence-corrected chi connectivity index (χ3v) is 5.99. The van der Waals surface area contributed by atoms with Crippen molar-refractivity contribution in [2.24, 2.45) is 0 Å². The Morgan fingerprint density at radius 2 is 2.00 bits per heavy atom. The summed E-state index contributed by atoms with van der Waals surface area (Å²) in [7, 11) is -1.71. The Kier molecular flexibility index (Phi) is 7.82. The number of rotatable bonds is 9. The van der Waals surface area contributed by atoms with Crippen molar-refractivity contribution in [3.8, 4) is 0 Å². The second kappa shape index (κ2) is 9.51. The number of nitrogens with one attached hydrogen (secondary N) is 1. The summed E-state index contributed by atoms with van der Waals surface area (Å²) in [6.45, 7) is 1.96. The lowest BCUT2D eigenvalue weighted by Gasteiger charge is -2.24. The molecule has 0 spiro atoms. The van der Waals surface area contributed by atoms with Gasteiger partial charge in [-0.15, -0.1) is 0 Å². The van der Waals surface area contributed by atoms with E-state index >= 15 is 0 Å². The Morgan fingerprint density at radius 1 is 1.32 bits per heavy atom. The lowest BCUT2D eigenvalue weighted by molar-refractivity contribution is -0.0838. The highest BCUT2D eigenvalue weighted by atomic mass is 32.1. The predicted molar refractivity (Wildman–Crippen MR) is 102 cm³/mol. The molecule has 2 rings (SSSR count). The highest BCUT2D eigenvalue weighted by Gasteiger charge is 2.48. The van der Waals surface area contributed by atoms with E-state index in [1.165, 1.54) is 27.3 Å². The number of aromatic amines is 1. The fourth-order valence-electron chi connectivity index (χ4n) is 2.89. The Bertz CT molecular complexity index is 864. The van der Waals surface area contributed by atoms with Crippen LogP contribution in [0.1, 0.15) is 18.2 Å². The van der Waals surface area contributed by atoms with Gasteiger partial charge < -0.3 is 28.7 Å². The first-order valence-corrected chi connectivity index (χ1v) is 10.3. The molecule has 0 unspecified atom stereocenters. The van der Waals surface area contributed by atoms with Gasteiger partial charge in [-0.1, -0.05) is 12.2 Å². The van der Waals surface area contributed by atoms with Gasteiger partial charge in [0, 0.05) is 32.4 Å². The van der Waals surface area contributed by atoms with Crippen LogP contribution in [0.5, 0.6) is 0 Å². The number of thiocarbonyl (C=S) groups is 1. The van der Waals surface area contributed by atoms with Gasteiger partial charge in [-0.3, -0.25) is 18.9 Å². The molecule has 158 valence electrons. The molecular weight excluding hydrogens is 415 g/mol. The molecule has 0 aromatic carbocycles. The molecule has 1 aliphatic rings. The minimum absolute atomic E-state index is 0.160. The maximum atomic E-state index is 12.3. The van der Waals surface area contributed by atoms with Gasteiger partial charge in [0.1, 0.15) is 16.8 Å². The second-order valence-corrected chi connectivity index (χ2v) is 8.64. The van der Waals surface area contributed by atoms with Crippen LogP contribution in [0.2, 0.25) is 0 Å². The van der Waals surface area contributed by atoms with Crippen molar-refractivity contribution in [3.05, 3.63) is 32.6 Å². The van der Waals surface area contributed by atoms with Gasteiger partial charge in [0.15, 0.2) is 6.23 Å². The molecule has 28 heavy (non-hydrogen) atoms. The smallest absolute Gasteiger partial charge is 0.362 e. The molecule has 1 fully saturated rings. The molecule has 1 aliphatic heterocycles. The summed E-state index contributed by atoms with van der Waals surface area (Å²) in [5.41, 5.74) is -0.963. The van der Waals surface area contributed by atoms with Crippen LogP contribution in [-0.2, 0) is 23.5 Å². The topological polar surface area (TPSA) is 149 Å². The van der Waals surface area contributed by atoms with Gasteiger partial charge in [-0.25, -0.2) is 4.79 Å². The van der Waals surface area contributed by atoms with Crippen LogP contribution in [-0.4, -0.2) is 69.7 Å². The summed E-state index contributed by atoms with van der Waals surface area (Å²) in [5, 5.41) is 0. The van der Waals surface area contributed by atoms with Crippen molar-refractivity contribution in [3.63, 3.8) is 0 Å². The molecule has 1 aromatic rings. The van der Waals surface area contributed by atoms with Crippen LogP contribution in [0.15, 0.2) is 15.8 Å². The Morgan fingerprint density at radius 3 is 2.57 bits per heavy atom. The van der Waals surface area contributed by atoms with Crippen molar-refractivity contribution in [2.75, 3.05) is 27.4 Å². The summed E-state index contributed by atoms with van der Waals surface area (Å²) in [6, 6.07) is 0. The molecule has 2 heterocycles. The van der Waals surface area contributed by atoms with Gasteiger partial charge in [0.25, 0.3) is 5.56 Å². The molecule has 0 radical (unpaired) electrons. The zero-order valence-electron chi connectivity index (χ0n) is 15.6. The lowest BCUT2D eigenvalue weighted by atomic mass is 10.1. The van der Waals surface area contributed by atoms with E-state index in [1.54, 1.807) is 0 Å². The first kappa shape index (κ1) is 23.0. The number of nitrogens with zero attached hydrogens (tertiary/aromatic N) is 1. The van der Waals surface area contributed by atoms with E-state index in [0.29, 0.717) is 0 Å².